The van der Waals surface area contributed by atoms with Crippen LogP contribution in [0.4, 0.5) is 5.82 Å². The number of fused-ring (bicyclic) bond motifs is 4. The van der Waals surface area contributed by atoms with Crippen molar-refractivity contribution in [2.45, 2.75) is 25.7 Å². The van der Waals surface area contributed by atoms with Crippen LogP contribution >= 0.6 is 11.3 Å². The molecule has 0 aliphatic heterocycles. The average Bonchev–Trinajstić information content (AvgIpc) is 3.08. The Bertz CT molecular complexity index is 1130. The van der Waals surface area contributed by atoms with Crippen molar-refractivity contribution < 1.29 is 0 Å². The number of hydrazone groups is 1. The summed E-state index contributed by atoms with van der Waals surface area (Å²) in [6, 6.07) is 10.0. The number of anilines is 1. The first-order chi connectivity index (χ1) is 12.9. The molecule has 0 fully saturated rings. The molecule has 0 unspecified atom stereocenters. The standard InChI is InChI=1S/C20H17N5S/c1-3-7-16-14(5-1)13(9-10-21-16)11-24-25-19-18-15-6-2-4-8-17(15)26-20(18)23-12-22-19/h1,3,5,7,9-12H,2,4,6,8H2,(H,22,23,25)/b24-11+. The Balaban J connectivity index is 1.50. The van der Waals surface area contributed by atoms with E-state index in [0.29, 0.717) is 0 Å². The van der Waals surface area contributed by atoms with Gasteiger partial charge in [-0.05, 0) is 43.4 Å². The number of hydrogen-bond donors (Lipinski definition) is 1. The van der Waals surface area contributed by atoms with Crippen LogP contribution in [0, 0.1) is 0 Å². The van der Waals surface area contributed by atoms with E-state index in [4.69, 9.17) is 0 Å². The fraction of sp³-hybridized carbons (Fsp3) is 0.200. The molecule has 0 amide bonds. The number of rotatable bonds is 3. The van der Waals surface area contributed by atoms with E-state index in [1.807, 2.05) is 36.7 Å². The maximum Gasteiger partial charge on any atom is 0.158 e. The highest BCUT2D eigenvalue weighted by Crippen LogP contribution is 2.38. The molecule has 26 heavy (non-hydrogen) atoms. The maximum absolute atomic E-state index is 4.46. The summed E-state index contributed by atoms with van der Waals surface area (Å²) < 4.78 is 0. The Labute approximate surface area is 154 Å². The van der Waals surface area contributed by atoms with Gasteiger partial charge >= 0.3 is 0 Å². The molecule has 0 radical (unpaired) electrons. The third kappa shape index (κ3) is 2.63. The van der Waals surface area contributed by atoms with E-state index >= 15 is 0 Å². The fourth-order valence-electron chi connectivity index (χ4n) is 3.57. The van der Waals surface area contributed by atoms with Crippen LogP contribution in [0.1, 0.15) is 28.8 Å². The van der Waals surface area contributed by atoms with Crippen molar-refractivity contribution in [3.8, 4) is 0 Å². The molecule has 128 valence electrons. The SMILES string of the molecule is C(=N\Nc1ncnc2sc3c(c12)CCCC3)/c1ccnc2ccccc12. The lowest BCUT2D eigenvalue weighted by atomic mass is 9.97. The van der Waals surface area contributed by atoms with Crippen molar-refractivity contribution in [1.29, 1.82) is 0 Å². The Hall–Kier alpha value is -2.86. The first-order valence-corrected chi connectivity index (χ1v) is 9.60. The first-order valence-electron chi connectivity index (χ1n) is 8.78. The van der Waals surface area contributed by atoms with E-state index in [9.17, 15) is 0 Å². The zero-order valence-electron chi connectivity index (χ0n) is 14.1. The summed E-state index contributed by atoms with van der Waals surface area (Å²) in [5, 5.41) is 6.68. The molecule has 1 aliphatic rings. The number of thiophene rings is 1. The van der Waals surface area contributed by atoms with Crippen LogP contribution in [0.5, 0.6) is 0 Å². The summed E-state index contributed by atoms with van der Waals surface area (Å²) in [5.41, 5.74) is 6.54. The van der Waals surface area contributed by atoms with Crippen LogP contribution in [-0.4, -0.2) is 21.2 Å². The zero-order valence-corrected chi connectivity index (χ0v) is 15.0. The summed E-state index contributed by atoms with van der Waals surface area (Å²) in [5.74, 6) is 0.795. The molecule has 0 bridgehead atoms. The molecule has 5 rings (SSSR count). The lowest BCUT2D eigenvalue weighted by Gasteiger charge is -2.11. The first kappa shape index (κ1) is 15.4. The molecule has 4 aromatic rings. The quantitative estimate of drug-likeness (QED) is 0.430. The van der Waals surface area contributed by atoms with Gasteiger partial charge in [0.2, 0.25) is 0 Å². The van der Waals surface area contributed by atoms with Gasteiger partial charge < -0.3 is 0 Å². The van der Waals surface area contributed by atoms with Gasteiger partial charge in [-0.3, -0.25) is 10.4 Å². The predicted molar refractivity (Wildman–Crippen MR) is 107 cm³/mol. The fourth-order valence-corrected chi connectivity index (χ4v) is 4.80. The molecular weight excluding hydrogens is 342 g/mol. The molecule has 5 nitrogen and oxygen atoms in total. The lowest BCUT2D eigenvalue weighted by Crippen LogP contribution is -2.01. The number of aromatic nitrogens is 3. The Morgan fingerprint density at radius 2 is 1.96 bits per heavy atom. The van der Waals surface area contributed by atoms with Crippen LogP contribution in [0.25, 0.3) is 21.1 Å². The molecule has 1 aliphatic carbocycles. The summed E-state index contributed by atoms with van der Waals surface area (Å²) in [6.45, 7) is 0. The topological polar surface area (TPSA) is 63.1 Å². The molecule has 0 saturated heterocycles. The maximum atomic E-state index is 4.46. The van der Waals surface area contributed by atoms with E-state index in [-0.39, 0.29) is 0 Å². The average molecular weight is 359 g/mol. The minimum absolute atomic E-state index is 0.795. The lowest BCUT2D eigenvalue weighted by molar-refractivity contribution is 0.700. The molecule has 3 aromatic heterocycles. The van der Waals surface area contributed by atoms with Crippen molar-refractivity contribution in [3.63, 3.8) is 0 Å². The molecular formula is C20H17N5S. The zero-order chi connectivity index (χ0) is 17.3. The minimum Gasteiger partial charge on any atom is -0.261 e. The largest absolute Gasteiger partial charge is 0.261 e. The molecule has 1 N–H and O–H groups in total. The smallest absolute Gasteiger partial charge is 0.158 e. The van der Waals surface area contributed by atoms with Gasteiger partial charge in [0.05, 0.1) is 17.1 Å². The minimum atomic E-state index is 0.795. The van der Waals surface area contributed by atoms with E-state index in [0.717, 1.165) is 45.3 Å². The van der Waals surface area contributed by atoms with Gasteiger partial charge in [-0.2, -0.15) is 5.10 Å². The van der Waals surface area contributed by atoms with Crippen LogP contribution in [0.15, 0.2) is 48.0 Å². The third-order valence-electron chi connectivity index (χ3n) is 4.81. The van der Waals surface area contributed by atoms with Gasteiger partial charge in [-0.1, -0.05) is 18.2 Å². The van der Waals surface area contributed by atoms with Gasteiger partial charge in [-0.25, -0.2) is 9.97 Å². The molecule has 3 heterocycles. The van der Waals surface area contributed by atoms with Crippen LogP contribution < -0.4 is 5.43 Å². The third-order valence-corrected chi connectivity index (χ3v) is 6.01. The van der Waals surface area contributed by atoms with Gasteiger partial charge in [0.25, 0.3) is 0 Å². The highest BCUT2D eigenvalue weighted by Gasteiger charge is 2.19. The van der Waals surface area contributed by atoms with Crippen LogP contribution in [-0.2, 0) is 12.8 Å². The highest BCUT2D eigenvalue weighted by atomic mass is 32.1. The van der Waals surface area contributed by atoms with E-state index in [1.54, 1.807) is 17.7 Å². The van der Waals surface area contributed by atoms with E-state index in [2.05, 4.69) is 31.5 Å². The highest BCUT2D eigenvalue weighted by molar-refractivity contribution is 7.19. The van der Waals surface area contributed by atoms with Crippen LogP contribution in [0.3, 0.4) is 0 Å². The second-order valence-electron chi connectivity index (χ2n) is 6.40. The van der Waals surface area contributed by atoms with Gasteiger partial charge in [0.1, 0.15) is 11.2 Å². The molecule has 1 aromatic carbocycles. The number of para-hydroxylation sites is 1. The Kier molecular flexibility index (Phi) is 3.83. The monoisotopic (exact) mass is 359 g/mol. The summed E-state index contributed by atoms with van der Waals surface area (Å²) >= 11 is 1.79. The number of aryl methyl sites for hydroxylation is 2. The summed E-state index contributed by atoms with van der Waals surface area (Å²) in [6.07, 6.45) is 10.0. The molecule has 0 spiro atoms. The molecule has 6 heteroatoms. The predicted octanol–water partition coefficient (Wildman–Crippen LogP) is 4.56. The van der Waals surface area contributed by atoms with Crippen molar-refractivity contribution in [2.24, 2.45) is 5.10 Å². The van der Waals surface area contributed by atoms with Crippen molar-refractivity contribution >= 4 is 44.5 Å². The Morgan fingerprint density at radius 3 is 2.96 bits per heavy atom. The number of hydrogen-bond acceptors (Lipinski definition) is 6. The van der Waals surface area contributed by atoms with Crippen molar-refractivity contribution in [2.75, 3.05) is 5.43 Å². The molecule has 0 saturated carbocycles. The number of pyridine rings is 1. The second kappa shape index (κ2) is 6.46. The van der Waals surface area contributed by atoms with Crippen molar-refractivity contribution in [1.82, 2.24) is 15.0 Å². The Morgan fingerprint density at radius 1 is 1.04 bits per heavy atom. The summed E-state index contributed by atoms with van der Waals surface area (Å²) in [4.78, 5) is 15.8. The second-order valence-corrected chi connectivity index (χ2v) is 7.48. The van der Waals surface area contributed by atoms with E-state index in [1.165, 1.54) is 23.3 Å². The van der Waals surface area contributed by atoms with Gasteiger partial charge in [0, 0.05) is 22.0 Å². The van der Waals surface area contributed by atoms with Crippen molar-refractivity contribution in [3.05, 3.63) is 58.9 Å². The van der Waals surface area contributed by atoms with Crippen LogP contribution in [0.2, 0.25) is 0 Å². The summed E-state index contributed by atoms with van der Waals surface area (Å²) in [7, 11) is 0. The normalized spacial score (nSPS) is 14.2. The number of benzene rings is 1. The number of nitrogens with zero attached hydrogens (tertiary/aromatic N) is 4. The number of nitrogens with one attached hydrogen (secondary N) is 1. The van der Waals surface area contributed by atoms with Gasteiger partial charge in [-0.15, -0.1) is 11.3 Å². The molecule has 0 atom stereocenters. The van der Waals surface area contributed by atoms with E-state index < -0.39 is 0 Å². The van der Waals surface area contributed by atoms with Gasteiger partial charge in [0.15, 0.2) is 5.82 Å².